The van der Waals surface area contributed by atoms with E-state index in [0.717, 1.165) is 34.9 Å². The number of aliphatic hydroxyl groups excluding tert-OH is 1. The molecule has 0 aliphatic heterocycles. The maximum atomic E-state index is 13.2. The SMILES string of the molecule is CC1CCCCC1NC(=O)c1ccccc1-n1cnc(Cn2nc(-c3ccc(Cl)cc3)n(C[C@H](O)C(F)(F)F)c2=O)n1. The quantitative estimate of drug-likeness (QED) is 0.311. The monoisotopic (exact) mass is 603 g/mol. The Hall–Kier alpha value is -3.97. The van der Waals surface area contributed by atoms with Crippen LogP contribution in [0.15, 0.2) is 59.7 Å². The Morgan fingerprint density at radius 3 is 2.55 bits per heavy atom. The summed E-state index contributed by atoms with van der Waals surface area (Å²) in [7, 11) is 0. The van der Waals surface area contributed by atoms with Gasteiger partial charge in [0.1, 0.15) is 12.9 Å². The summed E-state index contributed by atoms with van der Waals surface area (Å²) < 4.78 is 42.5. The van der Waals surface area contributed by atoms with Crippen LogP contribution in [-0.4, -0.2) is 58.4 Å². The molecule has 2 unspecified atom stereocenters. The molecule has 2 heterocycles. The molecule has 1 amide bonds. The van der Waals surface area contributed by atoms with Gasteiger partial charge in [-0.15, -0.1) is 10.2 Å². The summed E-state index contributed by atoms with van der Waals surface area (Å²) in [4.78, 5) is 30.6. The molecule has 0 bridgehead atoms. The molecule has 0 spiro atoms. The smallest absolute Gasteiger partial charge is 0.382 e. The van der Waals surface area contributed by atoms with E-state index in [0.29, 0.717) is 27.8 Å². The number of halogens is 4. The van der Waals surface area contributed by atoms with Crippen LogP contribution in [0.1, 0.15) is 48.8 Å². The van der Waals surface area contributed by atoms with E-state index in [4.69, 9.17) is 11.6 Å². The van der Waals surface area contributed by atoms with Gasteiger partial charge in [0, 0.05) is 16.6 Å². The number of carbonyl (C=O) groups is 1. The molecule has 0 radical (unpaired) electrons. The molecular formula is C28H29ClF3N7O3. The van der Waals surface area contributed by atoms with Gasteiger partial charge in [-0.25, -0.2) is 19.1 Å². The normalized spacial score (nSPS) is 18.1. The first kappa shape index (κ1) is 29.5. The van der Waals surface area contributed by atoms with Crippen LogP contribution in [0.5, 0.6) is 0 Å². The molecule has 3 atom stereocenters. The lowest BCUT2D eigenvalue weighted by Gasteiger charge is -2.29. The van der Waals surface area contributed by atoms with Crippen LogP contribution in [-0.2, 0) is 13.1 Å². The molecule has 0 saturated heterocycles. The van der Waals surface area contributed by atoms with E-state index < -0.39 is 24.5 Å². The highest BCUT2D eigenvalue weighted by Crippen LogP contribution is 2.26. The first-order chi connectivity index (χ1) is 20.0. The van der Waals surface area contributed by atoms with Gasteiger partial charge >= 0.3 is 11.9 Å². The number of carbonyl (C=O) groups excluding carboxylic acids is 1. The van der Waals surface area contributed by atoms with Crippen molar-refractivity contribution >= 4 is 17.5 Å². The fourth-order valence-electron chi connectivity index (χ4n) is 5.06. The number of aromatic nitrogens is 6. The van der Waals surface area contributed by atoms with E-state index in [2.05, 4.69) is 27.4 Å². The summed E-state index contributed by atoms with van der Waals surface area (Å²) in [5, 5.41) is 21.9. The van der Waals surface area contributed by atoms with Crippen molar-refractivity contribution in [3.63, 3.8) is 0 Å². The average molecular weight is 604 g/mol. The molecular weight excluding hydrogens is 575 g/mol. The first-order valence-electron chi connectivity index (χ1n) is 13.5. The number of benzene rings is 2. The van der Waals surface area contributed by atoms with Gasteiger partial charge in [-0.1, -0.05) is 43.5 Å². The molecule has 1 aliphatic carbocycles. The molecule has 1 saturated carbocycles. The number of rotatable bonds is 8. The Labute approximate surface area is 243 Å². The van der Waals surface area contributed by atoms with E-state index in [1.165, 1.54) is 35.3 Å². The lowest BCUT2D eigenvalue weighted by molar-refractivity contribution is -0.207. The topological polar surface area (TPSA) is 120 Å². The molecule has 1 fully saturated rings. The van der Waals surface area contributed by atoms with Crippen LogP contribution < -0.4 is 11.0 Å². The molecule has 42 heavy (non-hydrogen) atoms. The Kier molecular flexibility index (Phi) is 8.50. The zero-order valence-corrected chi connectivity index (χ0v) is 23.4. The molecule has 2 N–H and O–H groups in total. The number of hydrogen-bond acceptors (Lipinski definition) is 6. The minimum atomic E-state index is -4.94. The fourth-order valence-corrected chi connectivity index (χ4v) is 5.19. The van der Waals surface area contributed by atoms with E-state index >= 15 is 0 Å². The lowest BCUT2D eigenvalue weighted by Crippen LogP contribution is -2.41. The largest absolute Gasteiger partial charge is 0.416 e. The van der Waals surface area contributed by atoms with Gasteiger partial charge in [0.15, 0.2) is 17.8 Å². The van der Waals surface area contributed by atoms with Crippen molar-refractivity contribution in [2.75, 3.05) is 0 Å². The van der Waals surface area contributed by atoms with Gasteiger partial charge in [0.05, 0.1) is 17.8 Å². The van der Waals surface area contributed by atoms with Crippen molar-refractivity contribution in [1.29, 1.82) is 0 Å². The van der Waals surface area contributed by atoms with E-state index in [1.807, 2.05) is 0 Å². The van der Waals surface area contributed by atoms with E-state index in [1.54, 1.807) is 24.3 Å². The van der Waals surface area contributed by atoms with Crippen LogP contribution in [0.25, 0.3) is 17.1 Å². The number of alkyl halides is 3. The molecule has 1 aliphatic rings. The van der Waals surface area contributed by atoms with Crippen LogP contribution in [0, 0.1) is 5.92 Å². The fraction of sp³-hybridized carbons (Fsp3) is 0.393. The Balaban J connectivity index is 1.42. The maximum Gasteiger partial charge on any atom is 0.416 e. The summed E-state index contributed by atoms with van der Waals surface area (Å²) in [5.41, 5.74) is 0.320. The van der Waals surface area contributed by atoms with Crippen molar-refractivity contribution < 1.29 is 23.1 Å². The van der Waals surface area contributed by atoms with Crippen molar-refractivity contribution in [2.24, 2.45) is 5.92 Å². The summed E-state index contributed by atoms with van der Waals surface area (Å²) in [6, 6.07) is 13.0. The molecule has 2 aromatic carbocycles. The third kappa shape index (κ3) is 6.41. The summed E-state index contributed by atoms with van der Waals surface area (Å²) >= 11 is 5.94. The highest BCUT2D eigenvalue weighted by Gasteiger charge is 2.39. The van der Waals surface area contributed by atoms with Crippen molar-refractivity contribution in [3.8, 4) is 17.1 Å². The highest BCUT2D eigenvalue weighted by atomic mass is 35.5. The van der Waals surface area contributed by atoms with Crippen LogP contribution >= 0.6 is 11.6 Å². The van der Waals surface area contributed by atoms with Crippen LogP contribution in [0.4, 0.5) is 13.2 Å². The summed E-state index contributed by atoms with van der Waals surface area (Å²) in [6.45, 7) is 0.810. The Morgan fingerprint density at radius 1 is 1.12 bits per heavy atom. The maximum absolute atomic E-state index is 13.2. The zero-order valence-electron chi connectivity index (χ0n) is 22.6. The predicted octanol–water partition coefficient (Wildman–Crippen LogP) is 4.23. The average Bonchev–Trinajstić information content (AvgIpc) is 3.55. The molecule has 10 nitrogen and oxygen atoms in total. The van der Waals surface area contributed by atoms with Gasteiger partial charge in [-0.05, 0) is 55.2 Å². The second-order valence-corrected chi connectivity index (χ2v) is 10.8. The Morgan fingerprint density at radius 2 is 1.83 bits per heavy atom. The molecule has 14 heteroatoms. The molecule has 2 aromatic heterocycles. The summed E-state index contributed by atoms with van der Waals surface area (Å²) in [5.74, 6) is 0.198. The Bertz CT molecular complexity index is 1610. The number of hydrogen-bond donors (Lipinski definition) is 2. The third-order valence-corrected chi connectivity index (χ3v) is 7.66. The summed E-state index contributed by atoms with van der Waals surface area (Å²) in [6.07, 6.45) is -2.14. The third-order valence-electron chi connectivity index (χ3n) is 7.41. The lowest BCUT2D eigenvalue weighted by atomic mass is 9.86. The number of nitrogens with zero attached hydrogens (tertiary/aromatic N) is 6. The van der Waals surface area contributed by atoms with Gasteiger partial charge in [-0.2, -0.15) is 13.2 Å². The second-order valence-electron chi connectivity index (χ2n) is 10.4. The molecule has 5 rings (SSSR count). The van der Waals surface area contributed by atoms with Gasteiger partial charge < -0.3 is 10.4 Å². The second kappa shape index (κ2) is 12.1. The minimum Gasteiger partial charge on any atom is -0.382 e. The predicted molar refractivity (Wildman–Crippen MR) is 148 cm³/mol. The van der Waals surface area contributed by atoms with E-state index in [-0.39, 0.29) is 30.1 Å². The molecule has 222 valence electrons. The van der Waals surface area contributed by atoms with Crippen molar-refractivity contribution in [2.45, 2.75) is 64.0 Å². The number of aliphatic hydroxyl groups is 1. The van der Waals surface area contributed by atoms with Crippen molar-refractivity contribution in [3.05, 3.63) is 81.8 Å². The first-order valence-corrected chi connectivity index (χ1v) is 13.9. The number of para-hydroxylation sites is 1. The minimum absolute atomic E-state index is 0.0818. The number of nitrogens with one attached hydrogen (secondary N) is 1. The highest BCUT2D eigenvalue weighted by molar-refractivity contribution is 6.30. The van der Waals surface area contributed by atoms with Gasteiger partial charge in [-0.3, -0.25) is 9.36 Å². The van der Waals surface area contributed by atoms with Gasteiger partial charge in [0.2, 0.25) is 0 Å². The number of amides is 1. The standard InChI is InChI=1S/C28H29ClF3N7O3/c1-17-6-2-4-8-21(17)34-26(41)20-7-3-5-9-22(20)39-16-33-24(35-39)15-38-27(42)37(14-23(40)28(30,31)32)25(36-38)18-10-12-19(29)13-11-18/h3,5,7,9-13,16-17,21,23,40H,2,4,6,8,14-15H2,1H3,(H,34,41)/t17?,21?,23-/m0/s1. The zero-order chi connectivity index (χ0) is 30.0. The molecule has 4 aromatic rings. The van der Waals surface area contributed by atoms with E-state index in [9.17, 15) is 27.9 Å². The van der Waals surface area contributed by atoms with Crippen LogP contribution in [0.2, 0.25) is 5.02 Å². The van der Waals surface area contributed by atoms with Gasteiger partial charge in [0.25, 0.3) is 5.91 Å². The van der Waals surface area contributed by atoms with Crippen LogP contribution in [0.3, 0.4) is 0 Å². The van der Waals surface area contributed by atoms with Crippen molar-refractivity contribution in [1.82, 2.24) is 34.4 Å².